The molecule has 0 spiro atoms. The molecule has 1 heterocycles. The predicted octanol–water partition coefficient (Wildman–Crippen LogP) is -0.488. The van der Waals surface area contributed by atoms with E-state index in [2.05, 4.69) is 0 Å². The van der Waals surface area contributed by atoms with Crippen molar-refractivity contribution in [2.75, 3.05) is 25.5 Å². The Morgan fingerprint density at radius 1 is 1.60 bits per heavy atom. The molecule has 1 atom stereocenters. The second kappa shape index (κ2) is 4.91. The fourth-order valence-corrected chi connectivity index (χ4v) is 3.13. The van der Waals surface area contributed by atoms with Crippen molar-refractivity contribution in [3.05, 3.63) is 0 Å². The van der Waals surface area contributed by atoms with Gasteiger partial charge in [-0.25, -0.2) is 8.42 Å². The van der Waals surface area contributed by atoms with E-state index in [0.29, 0.717) is 6.42 Å². The number of carbonyl (C=O) groups is 1. The SMILES string of the molecule is CCCS(=O)(=O)N1CCOCC1C(=O)O. The Bertz CT molecular complexity index is 326. The molecule has 6 nitrogen and oxygen atoms in total. The Labute approximate surface area is 88.9 Å². The Morgan fingerprint density at radius 2 is 2.27 bits per heavy atom. The van der Waals surface area contributed by atoms with Crippen molar-refractivity contribution < 1.29 is 23.1 Å². The summed E-state index contributed by atoms with van der Waals surface area (Å²) in [5.41, 5.74) is 0. The molecule has 1 aliphatic rings. The first-order valence-electron chi connectivity index (χ1n) is 4.79. The van der Waals surface area contributed by atoms with Crippen LogP contribution >= 0.6 is 0 Å². The van der Waals surface area contributed by atoms with Gasteiger partial charge in [-0.05, 0) is 6.42 Å². The summed E-state index contributed by atoms with van der Waals surface area (Å²) in [5.74, 6) is -1.18. The molecule has 1 unspecified atom stereocenters. The Morgan fingerprint density at radius 3 is 2.80 bits per heavy atom. The van der Waals surface area contributed by atoms with Gasteiger partial charge < -0.3 is 9.84 Å². The summed E-state index contributed by atoms with van der Waals surface area (Å²) in [6.45, 7) is 2.05. The van der Waals surface area contributed by atoms with Crippen LogP contribution in [0.4, 0.5) is 0 Å². The number of aliphatic carboxylic acids is 1. The second-order valence-corrected chi connectivity index (χ2v) is 5.40. The summed E-state index contributed by atoms with van der Waals surface area (Å²) in [6.07, 6.45) is 0.478. The van der Waals surface area contributed by atoms with Crippen molar-refractivity contribution in [1.82, 2.24) is 4.31 Å². The Kier molecular flexibility index (Phi) is 4.06. The average molecular weight is 237 g/mol. The van der Waals surface area contributed by atoms with Crippen LogP contribution in [0.3, 0.4) is 0 Å². The predicted molar refractivity (Wildman–Crippen MR) is 53.0 cm³/mol. The highest BCUT2D eigenvalue weighted by Crippen LogP contribution is 2.13. The molecule has 1 rings (SSSR count). The van der Waals surface area contributed by atoms with Crippen molar-refractivity contribution in [3.8, 4) is 0 Å². The molecule has 7 heteroatoms. The number of rotatable bonds is 4. The third-order valence-corrected chi connectivity index (χ3v) is 4.26. The number of carboxylic acid groups (broad SMARTS) is 1. The van der Waals surface area contributed by atoms with Gasteiger partial charge in [-0.1, -0.05) is 6.92 Å². The van der Waals surface area contributed by atoms with Gasteiger partial charge in [0.15, 0.2) is 0 Å². The quantitative estimate of drug-likeness (QED) is 0.713. The number of ether oxygens (including phenoxy) is 1. The van der Waals surface area contributed by atoms with Crippen molar-refractivity contribution in [1.29, 1.82) is 0 Å². The van der Waals surface area contributed by atoms with Gasteiger partial charge in [0.2, 0.25) is 10.0 Å². The monoisotopic (exact) mass is 237 g/mol. The highest BCUT2D eigenvalue weighted by molar-refractivity contribution is 7.89. The maximum Gasteiger partial charge on any atom is 0.324 e. The lowest BCUT2D eigenvalue weighted by atomic mass is 10.3. The van der Waals surface area contributed by atoms with Gasteiger partial charge in [-0.2, -0.15) is 4.31 Å². The molecule has 0 bridgehead atoms. The lowest BCUT2D eigenvalue weighted by Gasteiger charge is -2.31. The fraction of sp³-hybridized carbons (Fsp3) is 0.875. The summed E-state index contributed by atoms with van der Waals surface area (Å²) < 4.78 is 29.4. The van der Waals surface area contributed by atoms with Crippen LogP contribution in [0.25, 0.3) is 0 Å². The van der Waals surface area contributed by atoms with Crippen LogP contribution in [0.5, 0.6) is 0 Å². The minimum Gasteiger partial charge on any atom is -0.480 e. The summed E-state index contributed by atoms with van der Waals surface area (Å²) in [4.78, 5) is 10.8. The molecule has 0 aromatic rings. The molecule has 1 N–H and O–H groups in total. The van der Waals surface area contributed by atoms with Gasteiger partial charge in [-0.3, -0.25) is 4.79 Å². The third-order valence-electron chi connectivity index (χ3n) is 2.18. The topological polar surface area (TPSA) is 83.9 Å². The van der Waals surface area contributed by atoms with Crippen molar-refractivity contribution in [2.24, 2.45) is 0 Å². The highest BCUT2D eigenvalue weighted by Gasteiger charge is 2.36. The molecule has 1 fully saturated rings. The molecule has 88 valence electrons. The van der Waals surface area contributed by atoms with Crippen LogP contribution in [0, 0.1) is 0 Å². The van der Waals surface area contributed by atoms with Crippen LogP contribution in [-0.4, -0.2) is 55.4 Å². The molecule has 0 aromatic carbocycles. The fourth-order valence-electron chi connectivity index (χ4n) is 1.49. The minimum absolute atomic E-state index is 0.0171. The van der Waals surface area contributed by atoms with Gasteiger partial charge in [0.25, 0.3) is 0 Å². The van der Waals surface area contributed by atoms with E-state index >= 15 is 0 Å². The zero-order valence-corrected chi connectivity index (χ0v) is 9.37. The molecule has 1 saturated heterocycles. The first-order chi connectivity index (χ1) is 6.99. The molecule has 15 heavy (non-hydrogen) atoms. The van der Waals surface area contributed by atoms with Crippen LogP contribution in [0.2, 0.25) is 0 Å². The highest BCUT2D eigenvalue weighted by atomic mass is 32.2. The van der Waals surface area contributed by atoms with E-state index < -0.39 is 22.0 Å². The number of nitrogens with zero attached hydrogens (tertiary/aromatic N) is 1. The maximum absolute atomic E-state index is 11.7. The molecule has 0 amide bonds. The van der Waals surface area contributed by atoms with Crippen LogP contribution < -0.4 is 0 Å². The van der Waals surface area contributed by atoms with Crippen LogP contribution in [0.15, 0.2) is 0 Å². The van der Waals surface area contributed by atoms with E-state index in [0.717, 1.165) is 4.31 Å². The molecule has 0 radical (unpaired) electrons. The zero-order valence-electron chi connectivity index (χ0n) is 8.55. The van der Waals surface area contributed by atoms with Gasteiger partial charge in [0.05, 0.1) is 19.0 Å². The van der Waals surface area contributed by atoms with E-state index in [4.69, 9.17) is 9.84 Å². The summed E-state index contributed by atoms with van der Waals surface area (Å²) in [7, 11) is -3.46. The van der Waals surface area contributed by atoms with Crippen molar-refractivity contribution >= 4 is 16.0 Å². The van der Waals surface area contributed by atoms with E-state index in [1.54, 1.807) is 6.92 Å². The number of hydrogen-bond donors (Lipinski definition) is 1. The lowest BCUT2D eigenvalue weighted by molar-refractivity contribution is -0.146. The van der Waals surface area contributed by atoms with Crippen LogP contribution in [-0.2, 0) is 19.6 Å². The zero-order chi connectivity index (χ0) is 11.5. The first-order valence-corrected chi connectivity index (χ1v) is 6.40. The van der Waals surface area contributed by atoms with E-state index in [1.807, 2.05) is 0 Å². The molecular formula is C8H15NO5S. The maximum atomic E-state index is 11.7. The lowest BCUT2D eigenvalue weighted by Crippen LogP contribution is -2.53. The van der Waals surface area contributed by atoms with Gasteiger partial charge >= 0.3 is 5.97 Å². The normalized spacial score (nSPS) is 23.9. The smallest absolute Gasteiger partial charge is 0.324 e. The molecular weight excluding hydrogens is 222 g/mol. The minimum atomic E-state index is -3.46. The van der Waals surface area contributed by atoms with E-state index in [1.165, 1.54) is 0 Å². The Balaban J connectivity index is 2.85. The summed E-state index contributed by atoms with van der Waals surface area (Å²) >= 11 is 0. The summed E-state index contributed by atoms with van der Waals surface area (Å²) in [5, 5.41) is 8.85. The van der Waals surface area contributed by atoms with E-state index in [9.17, 15) is 13.2 Å². The molecule has 1 aliphatic heterocycles. The van der Waals surface area contributed by atoms with Gasteiger partial charge in [0, 0.05) is 6.54 Å². The largest absolute Gasteiger partial charge is 0.480 e. The molecule has 0 saturated carbocycles. The number of carboxylic acids is 1. The molecule has 0 aromatic heterocycles. The Hall–Kier alpha value is -0.660. The number of sulfonamides is 1. The number of hydrogen-bond acceptors (Lipinski definition) is 4. The third kappa shape index (κ3) is 2.90. The molecule has 0 aliphatic carbocycles. The van der Waals surface area contributed by atoms with Crippen molar-refractivity contribution in [2.45, 2.75) is 19.4 Å². The average Bonchev–Trinajstić information content (AvgIpc) is 2.17. The van der Waals surface area contributed by atoms with Crippen molar-refractivity contribution in [3.63, 3.8) is 0 Å². The summed E-state index contributed by atoms with van der Waals surface area (Å²) in [6, 6.07) is -1.07. The standard InChI is InChI=1S/C8H15NO5S/c1-2-5-15(12,13)9-3-4-14-6-7(9)8(10)11/h7H,2-6H2,1H3,(H,10,11). The first kappa shape index (κ1) is 12.4. The van der Waals surface area contributed by atoms with Gasteiger partial charge in [-0.15, -0.1) is 0 Å². The second-order valence-electron chi connectivity index (χ2n) is 3.36. The number of morpholine rings is 1. The van der Waals surface area contributed by atoms with Crippen LogP contribution in [0.1, 0.15) is 13.3 Å². The van der Waals surface area contributed by atoms with Gasteiger partial charge in [0.1, 0.15) is 6.04 Å². The van der Waals surface area contributed by atoms with E-state index in [-0.39, 0.29) is 25.5 Å².